The van der Waals surface area contributed by atoms with Crippen LogP contribution in [-0.2, 0) is 12.3 Å². The third kappa shape index (κ3) is 3.38. The summed E-state index contributed by atoms with van der Waals surface area (Å²) in [5.74, 6) is 2.60. The van der Waals surface area contributed by atoms with E-state index >= 15 is 0 Å². The fourth-order valence-corrected chi connectivity index (χ4v) is 3.92. The number of fused-ring (bicyclic) bond motifs is 1. The Balaban J connectivity index is 1.63. The maximum Gasteiger partial charge on any atom is 0.258 e. The minimum absolute atomic E-state index is 0.132. The number of aromatic amines is 1. The summed E-state index contributed by atoms with van der Waals surface area (Å²) in [5.41, 5.74) is 1.45. The molecule has 0 aliphatic carbocycles. The van der Waals surface area contributed by atoms with Gasteiger partial charge in [0, 0.05) is 6.54 Å². The lowest BCUT2D eigenvalue weighted by molar-refractivity contribution is 0.416. The molecule has 2 aromatic heterocycles. The summed E-state index contributed by atoms with van der Waals surface area (Å²) < 4.78 is 7.48. The van der Waals surface area contributed by atoms with Crippen LogP contribution in [0.5, 0.6) is 5.75 Å². The zero-order valence-electron chi connectivity index (χ0n) is 15.5. The van der Waals surface area contributed by atoms with Gasteiger partial charge in [0.2, 0.25) is 0 Å². The summed E-state index contributed by atoms with van der Waals surface area (Å²) >= 11 is 1.49. The summed E-state index contributed by atoms with van der Waals surface area (Å²) in [7, 11) is 1.64. The maximum absolute atomic E-state index is 12.2. The molecule has 0 saturated heterocycles. The second-order valence-electron chi connectivity index (χ2n) is 6.07. The molecule has 4 aromatic rings. The van der Waals surface area contributed by atoms with Crippen LogP contribution in [0, 0.1) is 0 Å². The molecule has 1 N–H and O–H groups in total. The monoisotopic (exact) mass is 393 g/mol. The molecule has 2 heterocycles. The second kappa shape index (κ2) is 7.85. The Bertz CT molecular complexity index is 1180. The Kier molecular flexibility index (Phi) is 5.12. The van der Waals surface area contributed by atoms with Gasteiger partial charge in [0.05, 0.1) is 29.3 Å². The van der Waals surface area contributed by atoms with Crippen molar-refractivity contribution >= 4 is 22.7 Å². The van der Waals surface area contributed by atoms with Gasteiger partial charge in [0.1, 0.15) is 11.6 Å². The van der Waals surface area contributed by atoms with E-state index in [2.05, 4.69) is 20.2 Å². The van der Waals surface area contributed by atoms with Gasteiger partial charge in [-0.3, -0.25) is 4.79 Å². The zero-order chi connectivity index (χ0) is 19.5. The number of thioether (sulfide) groups is 1. The number of aromatic nitrogens is 5. The highest BCUT2D eigenvalue weighted by atomic mass is 32.2. The van der Waals surface area contributed by atoms with Crippen LogP contribution in [-0.4, -0.2) is 31.8 Å². The molecule has 0 unspecified atom stereocenters. The van der Waals surface area contributed by atoms with Gasteiger partial charge in [-0.2, -0.15) is 0 Å². The molecule has 0 amide bonds. The first-order valence-corrected chi connectivity index (χ1v) is 9.87. The Morgan fingerprint density at radius 2 is 1.89 bits per heavy atom. The van der Waals surface area contributed by atoms with Gasteiger partial charge in [0.15, 0.2) is 11.0 Å². The lowest BCUT2D eigenvalue weighted by Crippen LogP contribution is -2.11. The van der Waals surface area contributed by atoms with Gasteiger partial charge < -0.3 is 14.3 Å². The molecule has 2 aromatic carbocycles. The number of hydrogen-bond acceptors (Lipinski definition) is 6. The Labute approximate surface area is 165 Å². The first-order chi connectivity index (χ1) is 13.7. The lowest BCUT2D eigenvalue weighted by atomic mass is 10.2. The molecule has 0 aliphatic rings. The van der Waals surface area contributed by atoms with E-state index < -0.39 is 0 Å². The Hall–Kier alpha value is -3.13. The molecule has 0 atom stereocenters. The lowest BCUT2D eigenvalue weighted by Gasteiger charge is -2.10. The topological polar surface area (TPSA) is 85.7 Å². The molecule has 0 fully saturated rings. The van der Waals surface area contributed by atoms with Crippen molar-refractivity contribution in [1.82, 2.24) is 24.7 Å². The van der Waals surface area contributed by atoms with E-state index in [1.165, 1.54) is 11.8 Å². The number of hydrogen-bond donors (Lipinski definition) is 1. The summed E-state index contributed by atoms with van der Waals surface area (Å²) in [6, 6.07) is 15.1. The van der Waals surface area contributed by atoms with E-state index in [0.717, 1.165) is 22.3 Å². The molecule has 8 heteroatoms. The number of rotatable bonds is 6. The van der Waals surface area contributed by atoms with Crippen LogP contribution >= 0.6 is 11.8 Å². The molecule has 0 bridgehead atoms. The molecule has 4 rings (SSSR count). The zero-order valence-corrected chi connectivity index (χ0v) is 16.4. The van der Waals surface area contributed by atoms with Crippen molar-refractivity contribution in [2.24, 2.45) is 0 Å². The van der Waals surface area contributed by atoms with Crippen LogP contribution in [0.4, 0.5) is 0 Å². The number of H-pyrrole nitrogens is 1. The van der Waals surface area contributed by atoms with E-state index in [4.69, 9.17) is 4.74 Å². The van der Waals surface area contributed by atoms with Crippen LogP contribution in [0.1, 0.15) is 12.7 Å². The molecule has 0 aliphatic heterocycles. The summed E-state index contributed by atoms with van der Waals surface area (Å²) in [5, 5.41) is 10.1. The highest BCUT2D eigenvalue weighted by Crippen LogP contribution is 2.31. The smallest absolute Gasteiger partial charge is 0.258 e. The number of benzene rings is 2. The first-order valence-electron chi connectivity index (χ1n) is 8.88. The number of ether oxygens (including phenoxy) is 1. The SMILES string of the molecule is CCn1c(SCc2nc3ccccc3c(=O)[nH]2)nnc1-c1ccccc1OC. The van der Waals surface area contributed by atoms with Gasteiger partial charge >= 0.3 is 0 Å². The van der Waals surface area contributed by atoms with Gasteiger partial charge in [0.25, 0.3) is 5.56 Å². The fourth-order valence-electron chi connectivity index (χ4n) is 3.05. The highest BCUT2D eigenvalue weighted by molar-refractivity contribution is 7.98. The molecule has 142 valence electrons. The van der Waals surface area contributed by atoms with Crippen LogP contribution < -0.4 is 10.3 Å². The van der Waals surface area contributed by atoms with Crippen LogP contribution in [0.15, 0.2) is 58.5 Å². The quantitative estimate of drug-likeness (QED) is 0.505. The minimum Gasteiger partial charge on any atom is -0.496 e. The van der Waals surface area contributed by atoms with Crippen molar-refractivity contribution < 1.29 is 4.74 Å². The molecular weight excluding hydrogens is 374 g/mol. The van der Waals surface area contributed by atoms with Gasteiger partial charge in [-0.15, -0.1) is 10.2 Å². The molecule has 7 nitrogen and oxygen atoms in total. The summed E-state index contributed by atoms with van der Waals surface area (Å²) in [6.45, 7) is 2.76. The largest absolute Gasteiger partial charge is 0.496 e. The standard InChI is InChI=1S/C20H19N5O2S/c1-3-25-18(14-9-5-7-11-16(14)27-2)23-24-20(25)28-12-17-21-15-10-6-4-8-13(15)19(26)22-17/h4-11H,3,12H2,1-2H3,(H,21,22,26). The number of methoxy groups -OCH3 is 1. The van der Waals surface area contributed by atoms with Crippen LogP contribution in [0.3, 0.4) is 0 Å². The van der Waals surface area contributed by atoms with Crippen molar-refractivity contribution in [3.8, 4) is 17.1 Å². The number of nitrogens with zero attached hydrogens (tertiary/aromatic N) is 4. The van der Waals surface area contributed by atoms with Gasteiger partial charge in [-0.05, 0) is 31.2 Å². The van der Waals surface area contributed by atoms with Crippen molar-refractivity contribution in [2.45, 2.75) is 24.4 Å². The molecule has 28 heavy (non-hydrogen) atoms. The average molecular weight is 393 g/mol. The predicted molar refractivity (Wildman–Crippen MR) is 110 cm³/mol. The van der Waals surface area contributed by atoms with E-state index in [-0.39, 0.29) is 5.56 Å². The fraction of sp³-hybridized carbons (Fsp3) is 0.200. The first kappa shape index (κ1) is 18.2. The summed E-state index contributed by atoms with van der Waals surface area (Å²) in [4.78, 5) is 19.6. The normalized spacial score (nSPS) is 11.1. The molecular formula is C20H19N5O2S. The van der Waals surface area contributed by atoms with Crippen molar-refractivity contribution in [3.63, 3.8) is 0 Å². The van der Waals surface area contributed by atoms with E-state index in [9.17, 15) is 4.79 Å². The summed E-state index contributed by atoms with van der Waals surface area (Å²) in [6.07, 6.45) is 0. The van der Waals surface area contributed by atoms with E-state index in [0.29, 0.717) is 29.0 Å². The minimum atomic E-state index is -0.132. The van der Waals surface area contributed by atoms with Crippen molar-refractivity contribution in [2.75, 3.05) is 7.11 Å². The third-order valence-electron chi connectivity index (χ3n) is 4.38. The maximum atomic E-state index is 12.2. The number of nitrogens with one attached hydrogen (secondary N) is 1. The van der Waals surface area contributed by atoms with Gasteiger partial charge in [-0.1, -0.05) is 36.0 Å². The Morgan fingerprint density at radius 3 is 2.71 bits per heavy atom. The van der Waals surface area contributed by atoms with E-state index in [1.54, 1.807) is 13.2 Å². The molecule has 0 radical (unpaired) electrons. The van der Waals surface area contributed by atoms with Crippen molar-refractivity contribution in [3.05, 3.63) is 64.7 Å². The third-order valence-corrected chi connectivity index (χ3v) is 5.36. The predicted octanol–water partition coefficient (Wildman–Crippen LogP) is 3.50. The molecule has 0 saturated carbocycles. The van der Waals surface area contributed by atoms with E-state index in [1.807, 2.05) is 54.0 Å². The number of para-hydroxylation sites is 2. The highest BCUT2D eigenvalue weighted by Gasteiger charge is 2.17. The average Bonchev–Trinajstić information content (AvgIpc) is 3.15. The van der Waals surface area contributed by atoms with Crippen LogP contribution in [0.2, 0.25) is 0 Å². The second-order valence-corrected chi connectivity index (χ2v) is 7.01. The molecule has 0 spiro atoms. The van der Waals surface area contributed by atoms with Crippen molar-refractivity contribution in [1.29, 1.82) is 0 Å². The van der Waals surface area contributed by atoms with Crippen LogP contribution in [0.25, 0.3) is 22.3 Å². The Morgan fingerprint density at radius 1 is 1.11 bits per heavy atom. The van der Waals surface area contributed by atoms with Gasteiger partial charge in [-0.25, -0.2) is 4.98 Å².